The van der Waals surface area contributed by atoms with E-state index in [1.54, 1.807) is 25.1 Å². The Kier molecular flexibility index (Phi) is 4.97. The molecule has 4 heteroatoms. The maximum atomic E-state index is 11.8. The third-order valence-electron chi connectivity index (χ3n) is 2.12. The molecule has 1 aromatic rings. The summed E-state index contributed by atoms with van der Waals surface area (Å²) >= 11 is 0. The zero-order valence-corrected chi connectivity index (χ0v) is 10.4. The summed E-state index contributed by atoms with van der Waals surface area (Å²) in [5.74, 6) is 0.463. The fourth-order valence-electron chi connectivity index (χ4n) is 1.34. The zero-order chi connectivity index (χ0) is 12.8. The largest absolute Gasteiger partial charge is 0.491 e. The van der Waals surface area contributed by atoms with Crippen LogP contribution in [-0.4, -0.2) is 29.8 Å². The van der Waals surface area contributed by atoms with Gasteiger partial charge < -0.3 is 15.2 Å². The highest BCUT2D eigenvalue weighted by Crippen LogP contribution is 2.14. The minimum atomic E-state index is -0.253. The number of amides is 1. The molecule has 0 unspecified atom stereocenters. The van der Waals surface area contributed by atoms with E-state index in [0.717, 1.165) is 0 Å². The minimum Gasteiger partial charge on any atom is -0.491 e. The first-order valence-corrected chi connectivity index (χ1v) is 5.71. The van der Waals surface area contributed by atoms with Gasteiger partial charge in [0.25, 0.3) is 5.91 Å². The second kappa shape index (κ2) is 6.25. The molecule has 1 amide bonds. The first-order valence-electron chi connectivity index (χ1n) is 5.71. The number of ether oxygens (including phenoxy) is 1. The van der Waals surface area contributed by atoms with Gasteiger partial charge in [0.05, 0.1) is 12.7 Å². The summed E-state index contributed by atoms with van der Waals surface area (Å²) in [4.78, 5) is 11.8. The Morgan fingerprint density at radius 3 is 2.71 bits per heavy atom. The molecule has 0 saturated carbocycles. The van der Waals surface area contributed by atoms with Crippen LogP contribution in [0, 0.1) is 0 Å². The van der Waals surface area contributed by atoms with Crippen molar-refractivity contribution in [1.29, 1.82) is 0 Å². The van der Waals surface area contributed by atoms with Crippen LogP contribution in [0.5, 0.6) is 5.75 Å². The number of aliphatic hydroxyl groups excluding tert-OH is 1. The van der Waals surface area contributed by atoms with Gasteiger partial charge in [0.15, 0.2) is 0 Å². The summed E-state index contributed by atoms with van der Waals surface area (Å²) < 4.78 is 5.51. The number of carbonyl (C=O) groups excluding carboxylic acids is 1. The fourth-order valence-corrected chi connectivity index (χ4v) is 1.34. The second-order valence-corrected chi connectivity index (χ2v) is 4.25. The van der Waals surface area contributed by atoms with Gasteiger partial charge in [-0.3, -0.25) is 4.79 Å². The molecule has 0 saturated heterocycles. The minimum absolute atomic E-state index is 0.0738. The Hall–Kier alpha value is -1.55. The van der Waals surface area contributed by atoms with Crippen molar-refractivity contribution < 1.29 is 14.6 Å². The standard InChI is InChI=1S/C13H19NO3/c1-9(2)17-12-6-4-5-11(7-12)13(16)14-10(3)8-15/h4-7,9-10,15H,8H2,1-3H3,(H,14,16)/t10-/m0/s1. The first kappa shape index (κ1) is 13.5. The molecule has 1 rings (SSSR count). The van der Waals surface area contributed by atoms with Gasteiger partial charge in [-0.05, 0) is 39.0 Å². The van der Waals surface area contributed by atoms with Crippen LogP contribution in [0.25, 0.3) is 0 Å². The molecule has 0 heterocycles. The van der Waals surface area contributed by atoms with E-state index in [4.69, 9.17) is 9.84 Å². The maximum Gasteiger partial charge on any atom is 0.251 e. The van der Waals surface area contributed by atoms with Crippen LogP contribution >= 0.6 is 0 Å². The molecule has 1 atom stereocenters. The molecule has 0 aromatic heterocycles. The van der Waals surface area contributed by atoms with Crippen molar-refractivity contribution in [1.82, 2.24) is 5.32 Å². The quantitative estimate of drug-likeness (QED) is 0.817. The molecule has 94 valence electrons. The molecule has 0 aliphatic rings. The van der Waals surface area contributed by atoms with Gasteiger partial charge in [-0.2, -0.15) is 0 Å². The maximum absolute atomic E-state index is 11.8. The van der Waals surface area contributed by atoms with Gasteiger partial charge in [-0.1, -0.05) is 6.07 Å². The Morgan fingerprint density at radius 1 is 1.41 bits per heavy atom. The number of benzene rings is 1. The molecule has 2 N–H and O–H groups in total. The summed E-state index contributed by atoms with van der Waals surface area (Å²) in [7, 11) is 0. The van der Waals surface area contributed by atoms with Crippen LogP contribution in [0.4, 0.5) is 0 Å². The predicted molar refractivity (Wildman–Crippen MR) is 66.2 cm³/mol. The summed E-state index contributed by atoms with van der Waals surface area (Å²) in [5.41, 5.74) is 0.531. The molecule has 0 radical (unpaired) electrons. The van der Waals surface area contributed by atoms with Crippen LogP contribution in [0.15, 0.2) is 24.3 Å². The Morgan fingerprint density at radius 2 is 2.12 bits per heavy atom. The summed E-state index contributed by atoms with van der Waals surface area (Å²) in [5, 5.41) is 11.5. The normalized spacial score (nSPS) is 12.3. The number of hydrogen-bond donors (Lipinski definition) is 2. The zero-order valence-electron chi connectivity index (χ0n) is 10.4. The van der Waals surface area contributed by atoms with E-state index < -0.39 is 0 Å². The number of nitrogens with one attached hydrogen (secondary N) is 1. The van der Waals surface area contributed by atoms with Crippen LogP contribution in [0.1, 0.15) is 31.1 Å². The van der Waals surface area contributed by atoms with Gasteiger partial charge in [0.1, 0.15) is 5.75 Å². The highest BCUT2D eigenvalue weighted by atomic mass is 16.5. The van der Waals surface area contributed by atoms with Crippen molar-refractivity contribution in [2.75, 3.05) is 6.61 Å². The number of carbonyl (C=O) groups is 1. The molecule has 4 nitrogen and oxygen atoms in total. The SMILES string of the molecule is CC(C)Oc1cccc(C(=O)N[C@@H](C)CO)c1. The van der Waals surface area contributed by atoms with Gasteiger partial charge in [0, 0.05) is 11.6 Å². The van der Waals surface area contributed by atoms with Crippen molar-refractivity contribution in [2.45, 2.75) is 32.9 Å². The van der Waals surface area contributed by atoms with Gasteiger partial charge >= 0.3 is 0 Å². The lowest BCUT2D eigenvalue weighted by molar-refractivity contribution is 0.0921. The molecule has 17 heavy (non-hydrogen) atoms. The van der Waals surface area contributed by atoms with Gasteiger partial charge in [-0.25, -0.2) is 0 Å². The topological polar surface area (TPSA) is 58.6 Å². The van der Waals surface area contributed by atoms with E-state index in [1.165, 1.54) is 0 Å². The number of aliphatic hydroxyl groups is 1. The van der Waals surface area contributed by atoms with E-state index in [-0.39, 0.29) is 24.7 Å². The Bertz CT molecular complexity index is 377. The first-order chi connectivity index (χ1) is 8.02. The van der Waals surface area contributed by atoms with Crippen molar-refractivity contribution in [3.05, 3.63) is 29.8 Å². The van der Waals surface area contributed by atoms with Crippen LogP contribution in [-0.2, 0) is 0 Å². The lowest BCUT2D eigenvalue weighted by Gasteiger charge is -2.13. The molecule has 0 fully saturated rings. The molecule has 1 aromatic carbocycles. The highest BCUT2D eigenvalue weighted by Gasteiger charge is 2.09. The van der Waals surface area contributed by atoms with E-state index in [1.807, 2.05) is 19.9 Å². The average Bonchev–Trinajstić information content (AvgIpc) is 2.28. The monoisotopic (exact) mass is 237 g/mol. The third kappa shape index (κ3) is 4.44. The van der Waals surface area contributed by atoms with E-state index >= 15 is 0 Å². The summed E-state index contributed by atoms with van der Waals surface area (Å²) in [6, 6.07) is 6.74. The lowest BCUT2D eigenvalue weighted by Crippen LogP contribution is -2.34. The van der Waals surface area contributed by atoms with Gasteiger partial charge in [0.2, 0.25) is 0 Å². The summed E-state index contributed by atoms with van der Waals surface area (Å²) in [6.45, 7) is 5.53. The second-order valence-electron chi connectivity index (χ2n) is 4.25. The third-order valence-corrected chi connectivity index (χ3v) is 2.12. The molecule has 0 aliphatic carbocycles. The van der Waals surface area contributed by atoms with Crippen molar-refractivity contribution >= 4 is 5.91 Å². The summed E-state index contributed by atoms with van der Waals surface area (Å²) in [6.07, 6.45) is 0.0738. The van der Waals surface area contributed by atoms with Gasteiger partial charge in [-0.15, -0.1) is 0 Å². The van der Waals surface area contributed by atoms with Crippen LogP contribution < -0.4 is 10.1 Å². The smallest absolute Gasteiger partial charge is 0.251 e. The van der Waals surface area contributed by atoms with E-state index in [9.17, 15) is 4.79 Å². The highest BCUT2D eigenvalue weighted by molar-refractivity contribution is 5.94. The lowest BCUT2D eigenvalue weighted by atomic mass is 10.2. The van der Waals surface area contributed by atoms with E-state index in [0.29, 0.717) is 11.3 Å². The predicted octanol–water partition coefficient (Wildman–Crippen LogP) is 1.58. The Labute approximate surface area is 102 Å². The number of hydrogen-bond acceptors (Lipinski definition) is 3. The molecule has 0 aliphatic heterocycles. The van der Waals surface area contributed by atoms with Crippen molar-refractivity contribution in [3.8, 4) is 5.75 Å². The fraction of sp³-hybridized carbons (Fsp3) is 0.462. The van der Waals surface area contributed by atoms with Crippen molar-refractivity contribution in [2.24, 2.45) is 0 Å². The number of rotatable bonds is 5. The van der Waals surface area contributed by atoms with Crippen LogP contribution in [0.3, 0.4) is 0 Å². The van der Waals surface area contributed by atoms with Crippen molar-refractivity contribution in [3.63, 3.8) is 0 Å². The molecular formula is C13H19NO3. The molecule has 0 spiro atoms. The molecule has 0 bridgehead atoms. The van der Waals surface area contributed by atoms with E-state index in [2.05, 4.69) is 5.32 Å². The average molecular weight is 237 g/mol. The Balaban J connectivity index is 2.73. The van der Waals surface area contributed by atoms with Crippen LogP contribution in [0.2, 0.25) is 0 Å². The molecular weight excluding hydrogens is 218 g/mol.